The van der Waals surface area contributed by atoms with Gasteiger partial charge in [0.15, 0.2) is 6.10 Å². The third-order valence-corrected chi connectivity index (χ3v) is 3.74. The molecule has 0 N–H and O–H groups in total. The Balaban J connectivity index is 1.77. The van der Waals surface area contributed by atoms with Crippen LogP contribution in [0.2, 0.25) is 0 Å². The molecule has 1 aliphatic heterocycles. The molecule has 0 radical (unpaired) electrons. The zero-order chi connectivity index (χ0) is 12.3. The predicted octanol–water partition coefficient (Wildman–Crippen LogP) is 3.19. The molecule has 1 heterocycles. The molecule has 3 nitrogen and oxygen atoms in total. The Kier molecular flexibility index (Phi) is 4.08. The van der Waals surface area contributed by atoms with E-state index in [1.807, 2.05) is 6.92 Å². The van der Waals surface area contributed by atoms with Gasteiger partial charge in [-0.25, -0.2) is 4.79 Å². The lowest BCUT2D eigenvalue weighted by atomic mass is 9.89. The molecule has 0 aromatic carbocycles. The van der Waals surface area contributed by atoms with E-state index < -0.39 is 0 Å². The summed E-state index contributed by atoms with van der Waals surface area (Å²) < 4.78 is 10.9. The van der Waals surface area contributed by atoms with E-state index in [1.54, 1.807) is 6.26 Å². The highest BCUT2D eigenvalue weighted by Gasteiger charge is 2.28. The molecule has 0 spiro atoms. The minimum Gasteiger partial charge on any atom is -0.486 e. The van der Waals surface area contributed by atoms with Crippen LogP contribution in [0.1, 0.15) is 52.4 Å². The Bertz CT molecular complexity index is 301. The summed E-state index contributed by atoms with van der Waals surface area (Å²) in [4.78, 5) is 11.9. The third-order valence-electron chi connectivity index (χ3n) is 3.74. The van der Waals surface area contributed by atoms with Gasteiger partial charge in [-0.15, -0.1) is 0 Å². The highest BCUT2D eigenvalue weighted by atomic mass is 16.6. The summed E-state index contributed by atoms with van der Waals surface area (Å²) in [6, 6.07) is 0. The van der Waals surface area contributed by atoms with Crippen LogP contribution in [0, 0.1) is 5.92 Å². The van der Waals surface area contributed by atoms with E-state index in [2.05, 4.69) is 6.92 Å². The molecule has 0 amide bonds. The van der Waals surface area contributed by atoms with Crippen molar-refractivity contribution >= 4 is 5.97 Å². The van der Waals surface area contributed by atoms with Crippen molar-refractivity contribution in [3.05, 3.63) is 11.8 Å². The Hall–Kier alpha value is -0.990. The smallest absolute Gasteiger partial charge is 0.347 e. The van der Waals surface area contributed by atoms with Crippen molar-refractivity contribution in [2.75, 3.05) is 0 Å². The number of esters is 1. The number of ether oxygens (including phenoxy) is 2. The highest BCUT2D eigenvalue weighted by Crippen LogP contribution is 2.27. The SMILES string of the molecule is CC1=COC(C(=O)OC2CCC(C)CC2)CC1. The van der Waals surface area contributed by atoms with Crippen LogP contribution < -0.4 is 0 Å². The van der Waals surface area contributed by atoms with Gasteiger partial charge in [-0.05, 0) is 56.9 Å². The molecule has 0 aromatic heterocycles. The zero-order valence-corrected chi connectivity index (χ0v) is 10.8. The van der Waals surface area contributed by atoms with Crippen molar-refractivity contribution in [3.8, 4) is 0 Å². The first-order valence-corrected chi connectivity index (χ1v) is 6.66. The molecular formula is C14H22O3. The molecule has 1 atom stereocenters. The van der Waals surface area contributed by atoms with Crippen LogP contribution in [0.3, 0.4) is 0 Å². The second-order valence-electron chi connectivity index (χ2n) is 5.45. The van der Waals surface area contributed by atoms with Gasteiger partial charge in [0.05, 0.1) is 6.26 Å². The molecule has 2 aliphatic rings. The summed E-state index contributed by atoms with van der Waals surface area (Å²) in [6.07, 6.45) is 7.48. The van der Waals surface area contributed by atoms with E-state index in [0.717, 1.165) is 31.6 Å². The largest absolute Gasteiger partial charge is 0.486 e. The molecule has 0 aromatic rings. The lowest BCUT2D eigenvalue weighted by Gasteiger charge is -2.28. The summed E-state index contributed by atoms with van der Waals surface area (Å²) in [5, 5.41) is 0. The average molecular weight is 238 g/mol. The van der Waals surface area contributed by atoms with E-state index in [-0.39, 0.29) is 18.2 Å². The standard InChI is InChI=1S/C14H22O3/c1-10-3-6-12(7-4-10)17-14(15)13-8-5-11(2)9-16-13/h9-10,12-13H,3-8H2,1-2H3. The van der Waals surface area contributed by atoms with Crippen LogP contribution in [-0.2, 0) is 14.3 Å². The molecule has 0 saturated heterocycles. The number of carbonyl (C=O) groups excluding carboxylic acids is 1. The van der Waals surface area contributed by atoms with Crippen LogP contribution in [0.25, 0.3) is 0 Å². The van der Waals surface area contributed by atoms with Crippen LogP contribution >= 0.6 is 0 Å². The zero-order valence-electron chi connectivity index (χ0n) is 10.8. The molecule has 0 bridgehead atoms. The Morgan fingerprint density at radius 2 is 2.00 bits per heavy atom. The van der Waals surface area contributed by atoms with Crippen molar-refractivity contribution in [1.82, 2.24) is 0 Å². The van der Waals surface area contributed by atoms with Crippen molar-refractivity contribution < 1.29 is 14.3 Å². The lowest BCUT2D eigenvalue weighted by molar-refractivity contribution is -0.162. The molecule has 3 heteroatoms. The van der Waals surface area contributed by atoms with E-state index in [4.69, 9.17) is 9.47 Å². The summed E-state index contributed by atoms with van der Waals surface area (Å²) in [7, 11) is 0. The van der Waals surface area contributed by atoms with Gasteiger partial charge in [-0.3, -0.25) is 0 Å². The fourth-order valence-corrected chi connectivity index (χ4v) is 2.44. The summed E-state index contributed by atoms with van der Waals surface area (Å²) in [5.41, 5.74) is 1.19. The monoisotopic (exact) mass is 238 g/mol. The van der Waals surface area contributed by atoms with Gasteiger partial charge in [0.25, 0.3) is 0 Å². The number of hydrogen-bond acceptors (Lipinski definition) is 3. The van der Waals surface area contributed by atoms with Gasteiger partial charge in [0.2, 0.25) is 0 Å². The molecule has 96 valence electrons. The first-order chi connectivity index (χ1) is 8.15. The van der Waals surface area contributed by atoms with Crippen LogP contribution in [0.5, 0.6) is 0 Å². The van der Waals surface area contributed by atoms with E-state index in [1.165, 1.54) is 18.4 Å². The first-order valence-electron chi connectivity index (χ1n) is 6.66. The summed E-state index contributed by atoms with van der Waals surface area (Å²) >= 11 is 0. The first kappa shape index (κ1) is 12.5. The molecule has 17 heavy (non-hydrogen) atoms. The number of allylic oxidation sites excluding steroid dienone is 1. The van der Waals surface area contributed by atoms with E-state index in [0.29, 0.717) is 0 Å². The van der Waals surface area contributed by atoms with E-state index >= 15 is 0 Å². The van der Waals surface area contributed by atoms with Gasteiger partial charge in [0.1, 0.15) is 6.10 Å². The fraction of sp³-hybridized carbons (Fsp3) is 0.786. The van der Waals surface area contributed by atoms with Crippen LogP contribution in [-0.4, -0.2) is 18.2 Å². The van der Waals surface area contributed by atoms with Gasteiger partial charge >= 0.3 is 5.97 Å². The van der Waals surface area contributed by atoms with Crippen molar-refractivity contribution in [1.29, 1.82) is 0 Å². The number of rotatable bonds is 2. The fourth-order valence-electron chi connectivity index (χ4n) is 2.44. The molecule has 1 fully saturated rings. The summed E-state index contributed by atoms with van der Waals surface area (Å²) in [5.74, 6) is 0.606. The lowest BCUT2D eigenvalue weighted by Crippen LogP contribution is -2.32. The maximum absolute atomic E-state index is 11.9. The Labute approximate surface area is 103 Å². The molecule has 1 aliphatic carbocycles. The van der Waals surface area contributed by atoms with Crippen molar-refractivity contribution in [2.45, 2.75) is 64.6 Å². The van der Waals surface area contributed by atoms with Crippen LogP contribution in [0.15, 0.2) is 11.8 Å². The average Bonchev–Trinajstić information content (AvgIpc) is 2.33. The summed E-state index contributed by atoms with van der Waals surface area (Å²) in [6.45, 7) is 4.28. The molecular weight excluding hydrogens is 216 g/mol. The van der Waals surface area contributed by atoms with Crippen molar-refractivity contribution in [3.63, 3.8) is 0 Å². The Morgan fingerprint density at radius 3 is 2.59 bits per heavy atom. The molecule has 1 saturated carbocycles. The normalized spacial score (nSPS) is 33.5. The molecule has 1 unspecified atom stereocenters. The van der Waals surface area contributed by atoms with Gasteiger partial charge < -0.3 is 9.47 Å². The third kappa shape index (κ3) is 3.48. The quantitative estimate of drug-likeness (QED) is 0.693. The van der Waals surface area contributed by atoms with Gasteiger partial charge in [-0.2, -0.15) is 0 Å². The predicted molar refractivity (Wildman–Crippen MR) is 65.4 cm³/mol. The second-order valence-corrected chi connectivity index (χ2v) is 5.45. The maximum atomic E-state index is 11.9. The number of hydrogen-bond donors (Lipinski definition) is 0. The highest BCUT2D eigenvalue weighted by molar-refractivity contribution is 5.75. The van der Waals surface area contributed by atoms with Crippen molar-refractivity contribution in [2.24, 2.45) is 5.92 Å². The maximum Gasteiger partial charge on any atom is 0.347 e. The van der Waals surface area contributed by atoms with E-state index in [9.17, 15) is 4.79 Å². The van der Waals surface area contributed by atoms with Gasteiger partial charge in [-0.1, -0.05) is 6.92 Å². The second kappa shape index (κ2) is 5.56. The van der Waals surface area contributed by atoms with Gasteiger partial charge in [0, 0.05) is 0 Å². The molecule has 2 rings (SSSR count). The minimum absolute atomic E-state index is 0.120. The number of carbonyl (C=O) groups is 1. The topological polar surface area (TPSA) is 35.5 Å². The minimum atomic E-state index is -0.377. The van der Waals surface area contributed by atoms with Crippen LogP contribution in [0.4, 0.5) is 0 Å². The Morgan fingerprint density at radius 1 is 1.29 bits per heavy atom.